The minimum Gasteiger partial charge on any atom is -0.511 e. The fourth-order valence-electron chi connectivity index (χ4n) is 1.69. The van der Waals surface area contributed by atoms with E-state index in [0.717, 1.165) is 0 Å². The number of ketones is 2. The van der Waals surface area contributed by atoms with E-state index in [2.05, 4.69) is 6.92 Å². The zero-order chi connectivity index (χ0) is 13.5. The number of allylic oxidation sites excluding steroid dienone is 2. The number of aliphatic hydroxyl groups excluding tert-OH is 2. The second kappa shape index (κ2) is 4.02. The molecule has 0 aromatic carbocycles. The lowest BCUT2D eigenvalue weighted by atomic mass is 9.75. The first-order valence-corrected chi connectivity index (χ1v) is 5.40. The van der Waals surface area contributed by atoms with Crippen molar-refractivity contribution in [1.82, 2.24) is 0 Å². The Hall–Kier alpha value is -1.58. The van der Waals surface area contributed by atoms with Gasteiger partial charge in [-0.05, 0) is 20.8 Å². The molecule has 1 rings (SSSR count). The summed E-state index contributed by atoms with van der Waals surface area (Å²) in [7, 11) is 0. The van der Waals surface area contributed by atoms with Crippen LogP contribution in [0, 0.1) is 18.3 Å². The van der Waals surface area contributed by atoms with Gasteiger partial charge in [-0.1, -0.05) is 13.8 Å². The van der Waals surface area contributed by atoms with Crippen LogP contribution in [0.4, 0.5) is 0 Å². The minimum atomic E-state index is -1.15. The molecule has 0 aromatic heterocycles. The number of rotatable bonds is 2. The molecule has 1 radical (unpaired) electrons. The van der Waals surface area contributed by atoms with E-state index in [0.29, 0.717) is 0 Å². The van der Waals surface area contributed by atoms with Crippen molar-refractivity contribution in [2.75, 3.05) is 0 Å². The average Bonchev–Trinajstić information content (AvgIpc) is 2.24. The number of hydrogen-bond acceptors (Lipinski definition) is 4. The molecule has 0 bridgehead atoms. The zero-order valence-corrected chi connectivity index (χ0v) is 10.5. The molecule has 4 nitrogen and oxygen atoms in total. The molecule has 0 fully saturated rings. The summed E-state index contributed by atoms with van der Waals surface area (Å²) in [6, 6.07) is 0. The van der Waals surface area contributed by atoms with Gasteiger partial charge in [0.2, 0.25) is 0 Å². The topological polar surface area (TPSA) is 74.6 Å². The Balaban J connectivity index is 3.45. The maximum Gasteiger partial charge on any atom is 0.199 e. The Morgan fingerprint density at radius 2 is 1.71 bits per heavy atom. The smallest absolute Gasteiger partial charge is 0.199 e. The van der Waals surface area contributed by atoms with E-state index in [4.69, 9.17) is 0 Å². The number of aliphatic hydroxyl groups is 2. The molecule has 93 valence electrons. The lowest BCUT2D eigenvalue weighted by Gasteiger charge is -2.30. The molecule has 0 amide bonds. The van der Waals surface area contributed by atoms with Gasteiger partial charge in [0.15, 0.2) is 11.6 Å². The van der Waals surface area contributed by atoms with E-state index in [1.807, 2.05) is 0 Å². The third-order valence-electron chi connectivity index (χ3n) is 2.98. The highest BCUT2D eigenvalue weighted by atomic mass is 16.3. The van der Waals surface area contributed by atoms with Gasteiger partial charge in [0.1, 0.15) is 17.1 Å². The third kappa shape index (κ3) is 1.88. The normalized spacial score (nSPS) is 20.2. The minimum absolute atomic E-state index is 0.128. The third-order valence-corrected chi connectivity index (χ3v) is 2.98. The van der Waals surface area contributed by atoms with Crippen LogP contribution >= 0.6 is 0 Å². The lowest BCUT2D eigenvalue weighted by molar-refractivity contribution is -0.122. The van der Waals surface area contributed by atoms with Gasteiger partial charge in [0.05, 0.1) is 5.41 Å². The van der Waals surface area contributed by atoms with Crippen LogP contribution in [-0.4, -0.2) is 21.8 Å². The molecule has 2 N–H and O–H groups in total. The number of hydrogen-bond donors (Lipinski definition) is 2. The largest absolute Gasteiger partial charge is 0.511 e. The van der Waals surface area contributed by atoms with Gasteiger partial charge in [0.25, 0.3) is 0 Å². The van der Waals surface area contributed by atoms with Crippen LogP contribution < -0.4 is 0 Å². The van der Waals surface area contributed by atoms with Gasteiger partial charge in [0, 0.05) is 11.5 Å². The maximum atomic E-state index is 11.9. The molecule has 4 heteroatoms. The Labute approximate surface area is 101 Å². The van der Waals surface area contributed by atoms with Crippen molar-refractivity contribution in [2.24, 2.45) is 11.3 Å². The molecule has 0 aliphatic heterocycles. The summed E-state index contributed by atoms with van der Waals surface area (Å²) in [5.41, 5.74) is -1.53. The van der Waals surface area contributed by atoms with Crippen molar-refractivity contribution < 1.29 is 19.8 Å². The van der Waals surface area contributed by atoms with Crippen molar-refractivity contribution in [3.05, 3.63) is 29.6 Å². The quantitative estimate of drug-likeness (QED) is 0.722. The van der Waals surface area contributed by atoms with Gasteiger partial charge < -0.3 is 10.2 Å². The van der Waals surface area contributed by atoms with Crippen LogP contribution in [0.5, 0.6) is 0 Å². The highest BCUT2D eigenvalue weighted by Crippen LogP contribution is 2.40. The number of carbonyl (C=O) groups excluding carboxylic acids is 2. The standard InChI is InChI=1S/C13H17O4/c1-6(2)9(14)8-10(15)7(3)11(16)13(4,5)12(8)17/h6,16-17H,3H2,1-2,4-5H3. The first-order valence-electron chi connectivity index (χ1n) is 5.40. The van der Waals surface area contributed by atoms with Crippen LogP contribution in [0.3, 0.4) is 0 Å². The van der Waals surface area contributed by atoms with E-state index in [1.165, 1.54) is 13.8 Å². The molecule has 0 saturated carbocycles. The van der Waals surface area contributed by atoms with Crippen LogP contribution in [0.1, 0.15) is 27.7 Å². The van der Waals surface area contributed by atoms with E-state index in [-0.39, 0.29) is 22.7 Å². The first kappa shape index (κ1) is 13.5. The van der Waals surface area contributed by atoms with E-state index < -0.39 is 22.9 Å². The zero-order valence-electron chi connectivity index (χ0n) is 10.5. The van der Waals surface area contributed by atoms with Gasteiger partial charge in [-0.2, -0.15) is 0 Å². The Morgan fingerprint density at radius 3 is 2.12 bits per heavy atom. The van der Waals surface area contributed by atoms with E-state index >= 15 is 0 Å². The highest BCUT2D eigenvalue weighted by molar-refractivity contribution is 6.28. The SMILES string of the molecule is [CH2]C1=C(O)C(C)(C)C(O)=C(C(=O)C(C)C)C1=O. The molecule has 0 heterocycles. The highest BCUT2D eigenvalue weighted by Gasteiger charge is 2.42. The predicted molar refractivity (Wildman–Crippen MR) is 63.3 cm³/mol. The second-order valence-corrected chi connectivity index (χ2v) is 5.02. The molecular formula is C13H17O4. The maximum absolute atomic E-state index is 11.9. The fourth-order valence-corrected chi connectivity index (χ4v) is 1.69. The van der Waals surface area contributed by atoms with Crippen molar-refractivity contribution in [3.8, 4) is 0 Å². The number of carbonyl (C=O) groups is 2. The molecular weight excluding hydrogens is 220 g/mol. The van der Waals surface area contributed by atoms with Crippen molar-refractivity contribution in [1.29, 1.82) is 0 Å². The van der Waals surface area contributed by atoms with Gasteiger partial charge in [-0.25, -0.2) is 0 Å². The van der Waals surface area contributed by atoms with Crippen LogP contribution in [0.15, 0.2) is 22.7 Å². The van der Waals surface area contributed by atoms with Crippen molar-refractivity contribution >= 4 is 11.6 Å². The molecule has 0 unspecified atom stereocenters. The molecule has 0 aromatic rings. The Bertz CT molecular complexity index is 450. The van der Waals surface area contributed by atoms with E-state index in [1.54, 1.807) is 13.8 Å². The van der Waals surface area contributed by atoms with Gasteiger partial charge in [-0.3, -0.25) is 9.59 Å². The average molecular weight is 237 g/mol. The molecule has 0 saturated heterocycles. The molecule has 1 aliphatic rings. The lowest BCUT2D eigenvalue weighted by Crippen LogP contribution is -2.33. The summed E-state index contributed by atoms with van der Waals surface area (Å²) in [6.45, 7) is 9.81. The molecule has 1 aliphatic carbocycles. The fraction of sp³-hybridized carbons (Fsp3) is 0.462. The molecule has 0 spiro atoms. The summed E-state index contributed by atoms with van der Waals surface area (Å²) in [5.74, 6) is -2.21. The van der Waals surface area contributed by atoms with Crippen LogP contribution in [0.2, 0.25) is 0 Å². The van der Waals surface area contributed by atoms with Crippen molar-refractivity contribution in [3.63, 3.8) is 0 Å². The van der Waals surface area contributed by atoms with Crippen molar-refractivity contribution in [2.45, 2.75) is 27.7 Å². The number of Topliss-reactive ketones (excluding diaryl/α,β-unsaturated/α-hetero) is 2. The summed E-state index contributed by atoms with van der Waals surface area (Å²) in [4.78, 5) is 23.7. The molecule has 0 atom stereocenters. The monoisotopic (exact) mass is 237 g/mol. The summed E-state index contributed by atoms with van der Waals surface area (Å²) >= 11 is 0. The summed E-state index contributed by atoms with van der Waals surface area (Å²) < 4.78 is 0. The molecule has 17 heavy (non-hydrogen) atoms. The van der Waals surface area contributed by atoms with Gasteiger partial charge in [-0.15, -0.1) is 0 Å². The summed E-state index contributed by atoms with van der Waals surface area (Å²) in [6.07, 6.45) is 0. The first-order chi connectivity index (χ1) is 7.62. The van der Waals surface area contributed by atoms with Crippen LogP contribution in [0.25, 0.3) is 0 Å². The van der Waals surface area contributed by atoms with E-state index in [9.17, 15) is 19.8 Å². The second-order valence-electron chi connectivity index (χ2n) is 5.02. The Morgan fingerprint density at radius 1 is 1.24 bits per heavy atom. The Kier molecular flexibility index (Phi) is 3.19. The predicted octanol–water partition coefficient (Wildman–Crippen LogP) is 2.28. The van der Waals surface area contributed by atoms with Gasteiger partial charge >= 0.3 is 0 Å². The van der Waals surface area contributed by atoms with Crippen LogP contribution in [-0.2, 0) is 9.59 Å². The summed E-state index contributed by atoms with van der Waals surface area (Å²) in [5, 5.41) is 19.8.